The Kier molecular flexibility index (Phi) is 5.88. The Morgan fingerprint density at radius 3 is 2.57 bits per heavy atom. The maximum atomic E-state index is 5.44. The molecule has 1 aromatic rings. The van der Waals surface area contributed by atoms with E-state index in [4.69, 9.17) is 5.73 Å². The molecule has 0 aliphatic rings. The standard InChI is InChI=1S/C12H18BrN/c13-12-8-5-7-11(10-12)6-3-1-2-4-9-14/h5,7-8,10H,1-4,6,9,14H2. The number of hydrogen-bond acceptors (Lipinski definition) is 1. The highest BCUT2D eigenvalue weighted by Gasteiger charge is 1.94. The molecule has 0 unspecified atom stereocenters. The number of benzene rings is 1. The second kappa shape index (κ2) is 7.02. The van der Waals surface area contributed by atoms with Gasteiger partial charge in [0.05, 0.1) is 0 Å². The van der Waals surface area contributed by atoms with E-state index >= 15 is 0 Å². The zero-order chi connectivity index (χ0) is 10.2. The molecule has 0 saturated heterocycles. The highest BCUT2D eigenvalue weighted by Crippen LogP contribution is 2.14. The SMILES string of the molecule is NCCCCCCc1cccc(Br)c1. The van der Waals surface area contributed by atoms with Crippen molar-refractivity contribution in [2.75, 3.05) is 6.54 Å². The summed E-state index contributed by atoms with van der Waals surface area (Å²) in [5.74, 6) is 0. The van der Waals surface area contributed by atoms with Crippen molar-refractivity contribution in [3.8, 4) is 0 Å². The molecule has 0 saturated carbocycles. The Balaban J connectivity index is 2.18. The van der Waals surface area contributed by atoms with E-state index in [2.05, 4.69) is 40.2 Å². The van der Waals surface area contributed by atoms with Gasteiger partial charge < -0.3 is 5.73 Å². The van der Waals surface area contributed by atoms with Gasteiger partial charge in [0, 0.05) is 4.47 Å². The minimum Gasteiger partial charge on any atom is -0.330 e. The lowest BCUT2D eigenvalue weighted by Crippen LogP contribution is -1.97. The van der Waals surface area contributed by atoms with Crippen molar-refractivity contribution < 1.29 is 0 Å². The molecule has 0 heterocycles. The molecular formula is C12H18BrN. The highest BCUT2D eigenvalue weighted by molar-refractivity contribution is 9.10. The van der Waals surface area contributed by atoms with Gasteiger partial charge >= 0.3 is 0 Å². The lowest BCUT2D eigenvalue weighted by atomic mass is 10.1. The maximum absolute atomic E-state index is 5.44. The summed E-state index contributed by atoms with van der Waals surface area (Å²) < 4.78 is 1.18. The van der Waals surface area contributed by atoms with Gasteiger partial charge in [-0.1, -0.05) is 40.9 Å². The van der Waals surface area contributed by atoms with Crippen LogP contribution in [0.25, 0.3) is 0 Å². The maximum Gasteiger partial charge on any atom is 0.0177 e. The van der Waals surface area contributed by atoms with Crippen LogP contribution in [-0.2, 0) is 6.42 Å². The van der Waals surface area contributed by atoms with Gasteiger partial charge in [-0.25, -0.2) is 0 Å². The molecule has 0 spiro atoms. The van der Waals surface area contributed by atoms with Crippen molar-refractivity contribution in [2.45, 2.75) is 32.1 Å². The van der Waals surface area contributed by atoms with Crippen LogP contribution in [0.3, 0.4) is 0 Å². The first-order valence-electron chi connectivity index (χ1n) is 5.27. The predicted molar refractivity (Wildman–Crippen MR) is 65.4 cm³/mol. The predicted octanol–water partition coefficient (Wildman–Crippen LogP) is 3.51. The third-order valence-electron chi connectivity index (χ3n) is 2.31. The normalized spacial score (nSPS) is 10.4. The first-order chi connectivity index (χ1) is 6.83. The van der Waals surface area contributed by atoms with Crippen LogP contribution in [0.1, 0.15) is 31.2 Å². The summed E-state index contributed by atoms with van der Waals surface area (Å²) in [7, 11) is 0. The molecule has 1 nitrogen and oxygen atoms in total. The molecule has 0 aliphatic carbocycles. The minimum absolute atomic E-state index is 0.830. The molecule has 0 aromatic heterocycles. The third kappa shape index (κ3) is 4.77. The van der Waals surface area contributed by atoms with Crippen LogP contribution < -0.4 is 5.73 Å². The molecule has 0 atom stereocenters. The van der Waals surface area contributed by atoms with Crippen LogP contribution in [0.2, 0.25) is 0 Å². The summed E-state index contributed by atoms with van der Waals surface area (Å²) in [6.45, 7) is 0.830. The zero-order valence-corrected chi connectivity index (χ0v) is 10.1. The summed E-state index contributed by atoms with van der Waals surface area (Å²) in [6.07, 6.45) is 6.19. The average molecular weight is 256 g/mol. The van der Waals surface area contributed by atoms with Crippen molar-refractivity contribution >= 4 is 15.9 Å². The van der Waals surface area contributed by atoms with Crippen molar-refractivity contribution in [3.63, 3.8) is 0 Å². The second-order valence-corrected chi connectivity index (χ2v) is 4.50. The molecule has 14 heavy (non-hydrogen) atoms. The summed E-state index contributed by atoms with van der Waals surface area (Å²) in [6, 6.07) is 8.55. The van der Waals surface area contributed by atoms with Gasteiger partial charge in [0.2, 0.25) is 0 Å². The fraction of sp³-hybridized carbons (Fsp3) is 0.500. The fourth-order valence-electron chi connectivity index (χ4n) is 1.52. The monoisotopic (exact) mass is 255 g/mol. The van der Waals surface area contributed by atoms with Crippen LogP contribution in [0.15, 0.2) is 28.7 Å². The fourth-order valence-corrected chi connectivity index (χ4v) is 1.97. The molecule has 0 radical (unpaired) electrons. The van der Waals surface area contributed by atoms with Crippen LogP contribution in [0.5, 0.6) is 0 Å². The van der Waals surface area contributed by atoms with E-state index in [0.29, 0.717) is 0 Å². The Labute approximate surface area is 94.8 Å². The van der Waals surface area contributed by atoms with Crippen molar-refractivity contribution in [1.29, 1.82) is 0 Å². The van der Waals surface area contributed by atoms with E-state index in [1.54, 1.807) is 0 Å². The Hall–Kier alpha value is -0.340. The molecule has 2 N–H and O–H groups in total. The summed E-state index contributed by atoms with van der Waals surface area (Å²) in [5.41, 5.74) is 6.86. The van der Waals surface area contributed by atoms with Gasteiger partial charge in [-0.15, -0.1) is 0 Å². The molecule has 1 aromatic carbocycles. The average Bonchev–Trinajstić information content (AvgIpc) is 2.18. The molecule has 78 valence electrons. The Morgan fingerprint density at radius 2 is 1.86 bits per heavy atom. The topological polar surface area (TPSA) is 26.0 Å². The molecule has 0 fully saturated rings. The number of aryl methyl sites for hydroxylation is 1. The molecule has 1 rings (SSSR count). The molecular weight excluding hydrogens is 238 g/mol. The van der Waals surface area contributed by atoms with Crippen molar-refractivity contribution in [1.82, 2.24) is 0 Å². The largest absolute Gasteiger partial charge is 0.330 e. The van der Waals surface area contributed by atoms with Gasteiger partial charge in [0.25, 0.3) is 0 Å². The molecule has 0 aliphatic heterocycles. The summed E-state index contributed by atoms with van der Waals surface area (Å²) in [4.78, 5) is 0. The highest BCUT2D eigenvalue weighted by atomic mass is 79.9. The number of hydrogen-bond donors (Lipinski definition) is 1. The van der Waals surface area contributed by atoms with E-state index < -0.39 is 0 Å². The first-order valence-corrected chi connectivity index (χ1v) is 6.07. The van der Waals surface area contributed by atoms with Gasteiger partial charge in [-0.3, -0.25) is 0 Å². The molecule has 0 bridgehead atoms. The number of unbranched alkanes of at least 4 members (excludes halogenated alkanes) is 3. The van der Waals surface area contributed by atoms with E-state index in [0.717, 1.165) is 6.54 Å². The number of halogens is 1. The van der Waals surface area contributed by atoms with Gasteiger partial charge in [0.1, 0.15) is 0 Å². The van der Waals surface area contributed by atoms with E-state index in [9.17, 15) is 0 Å². The number of rotatable bonds is 6. The van der Waals surface area contributed by atoms with Crippen LogP contribution >= 0.6 is 15.9 Å². The summed E-state index contributed by atoms with van der Waals surface area (Å²) in [5, 5.41) is 0. The summed E-state index contributed by atoms with van der Waals surface area (Å²) >= 11 is 3.48. The van der Waals surface area contributed by atoms with E-state index in [1.807, 2.05) is 0 Å². The van der Waals surface area contributed by atoms with Crippen molar-refractivity contribution in [3.05, 3.63) is 34.3 Å². The van der Waals surface area contributed by atoms with Crippen LogP contribution in [0, 0.1) is 0 Å². The smallest absolute Gasteiger partial charge is 0.0177 e. The van der Waals surface area contributed by atoms with E-state index in [-0.39, 0.29) is 0 Å². The second-order valence-electron chi connectivity index (χ2n) is 3.58. The number of nitrogens with two attached hydrogens (primary N) is 1. The van der Waals surface area contributed by atoms with Gasteiger partial charge in [-0.05, 0) is 43.5 Å². The van der Waals surface area contributed by atoms with E-state index in [1.165, 1.54) is 42.1 Å². The Bertz CT molecular complexity index is 260. The lowest BCUT2D eigenvalue weighted by molar-refractivity contribution is 0.646. The van der Waals surface area contributed by atoms with Crippen molar-refractivity contribution in [2.24, 2.45) is 5.73 Å². The third-order valence-corrected chi connectivity index (χ3v) is 2.80. The molecule has 0 amide bonds. The molecule has 2 heteroatoms. The van der Waals surface area contributed by atoms with Gasteiger partial charge in [0.15, 0.2) is 0 Å². The lowest BCUT2D eigenvalue weighted by Gasteiger charge is -2.01. The minimum atomic E-state index is 0.830. The quantitative estimate of drug-likeness (QED) is 0.774. The van der Waals surface area contributed by atoms with Gasteiger partial charge in [-0.2, -0.15) is 0 Å². The Morgan fingerprint density at radius 1 is 1.07 bits per heavy atom. The van der Waals surface area contributed by atoms with Crippen LogP contribution in [-0.4, -0.2) is 6.54 Å². The zero-order valence-electron chi connectivity index (χ0n) is 8.51. The first kappa shape index (κ1) is 11.7. The van der Waals surface area contributed by atoms with Crippen LogP contribution in [0.4, 0.5) is 0 Å².